The fourth-order valence-electron chi connectivity index (χ4n) is 2.30. The number of hydrogen-bond donors (Lipinski definition) is 5. The topological polar surface area (TPSA) is 160 Å². The number of H-pyrrole nitrogens is 2. The number of aromatic amines is 2. The first-order valence-corrected chi connectivity index (χ1v) is 8.79. The van der Waals surface area contributed by atoms with Crippen LogP contribution in [0, 0.1) is 0 Å². The monoisotopic (exact) mass is 441 g/mol. The van der Waals surface area contributed by atoms with E-state index >= 15 is 0 Å². The molecule has 0 aliphatic heterocycles. The van der Waals surface area contributed by atoms with Gasteiger partial charge in [-0.15, -0.1) is 0 Å². The average Bonchev–Trinajstić information content (AvgIpc) is 3.31. The summed E-state index contributed by atoms with van der Waals surface area (Å²) in [4.78, 5) is 14.7. The maximum absolute atomic E-state index is 10.6. The molecule has 28 heavy (non-hydrogen) atoms. The number of pyridine rings is 1. The lowest BCUT2D eigenvalue weighted by molar-refractivity contribution is 0.0697. The molecule has 0 saturated carbocycles. The molecule has 0 amide bonds. The van der Waals surface area contributed by atoms with Crippen molar-refractivity contribution in [1.29, 1.82) is 0 Å². The molecule has 0 radical (unpaired) electrons. The van der Waals surface area contributed by atoms with Crippen molar-refractivity contribution in [2.24, 2.45) is 0 Å². The second kappa shape index (κ2) is 8.35. The summed E-state index contributed by atoms with van der Waals surface area (Å²) in [6, 6.07) is 13.7. The minimum atomic E-state index is -0.939. The van der Waals surface area contributed by atoms with Crippen molar-refractivity contribution in [3.63, 3.8) is 0 Å². The Balaban J connectivity index is 0.000000162. The molecule has 0 saturated heterocycles. The smallest absolute Gasteiger partial charge is 0.335 e. The number of nitrogens with zero attached hydrogens (tertiary/aromatic N) is 3. The highest BCUT2D eigenvalue weighted by Crippen LogP contribution is 2.19. The number of carbonyl (C=O) groups is 1. The number of halogens is 1. The van der Waals surface area contributed by atoms with Gasteiger partial charge in [0.2, 0.25) is 0 Å². The van der Waals surface area contributed by atoms with Gasteiger partial charge in [-0.2, -0.15) is 10.2 Å². The van der Waals surface area contributed by atoms with E-state index in [9.17, 15) is 4.79 Å². The third-order valence-electron chi connectivity index (χ3n) is 3.68. The second-order valence-corrected chi connectivity index (χ2v) is 6.48. The Morgan fingerprint density at radius 2 is 1.43 bits per heavy atom. The zero-order valence-corrected chi connectivity index (χ0v) is 16.0. The molecule has 0 atom stereocenters. The summed E-state index contributed by atoms with van der Waals surface area (Å²) in [6.07, 6.45) is 1.75. The van der Waals surface area contributed by atoms with E-state index in [1.807, 2.05) is 12.1 Å². The minimum absolute atomic E-state index is 0.256. The summed E-state index contributed by atoms with van der Waals surface area (Å²) in [5, 5.41) is 21.9. The second-order valence-electron chi connectivity index (χ2n) is 5.67. The first-order valence-electron chi connectivity index (χ1n) is 8.00. The number of nitrogens with two attached hydrogens (primary N) is 2. The van der Waals surface area contributed by atoms with E-state index < -0.39 is 5.97 Å². The van der Waals surface area contributed by atoms with Gasteiger partial charge in [-0.1, -0.05) is 12.1 Å². The largest absolute Gasteiger partial charge is 0.478 e. The van der Waals surface area contributed by atoms with E-state index in [0.717, 1.165) is 27.1 Å². The summed E-state index contributed by atoms with van der Waals surface area (Å²) >= 11 is 3.26. The molecule has 10 heteroatoms. The lowest BCUT2D eigenvalue weighted by Gasteiger charge is -1.97. The van der Waals surface area contributed by atoms with Crippen molar-refractivity contribution in [1.82, 2.24) is 25.4 Å². The van der Waals surface area contributed by atoms with Gasteiger partial charge in [0, 0.05) is 23.9 Å². The van der Waals surface area contributed by atoms with Crippen molar-refractivity contribution in [3.05, 3.63) is 64.9 Å². The summed E-state index contributed by atoms with van der Waals surface area (Å²) in [5.74, 6) is -0.0455. The molecule has 3 heterocycles. The highest BCUT2D eigenvalue weighted by Gasteiger charge is 2.04. The molecule has 3 aromatic heterocycles. The van der Waals surface area contributed by atoms with Gasteiger partial charge in [-0.25, -0.2) is 9.78 Å². The Hall–Kier alpha value is -3.66. The van der Waals surface area contributed by atoms with Gasteiger partial charge < -0.3 is 16.6 Å². The van der Waals surface area contributed by atoms with Gasteiger partial charge in [-0.05, 0) is 45.8 Å². The molecule has 1 aromatic carbocycles. The summed E-state index contributed by atoms with van der Waals surface area (Å²) in [7, 11) is 0. The SMILES string of the molecule is Nc1cc(-c2ccc(Br)nc2)[nH]n1.Nc1cc(-c2ccc(C(=O)O)cc2)[nH]n1. The number of nitrogens with one attached hydrogen (secondary N) is 2. The number of hydrogen-bond acceptors (Lipinski definition) is 6. The Labute approximate surface area is 167 Å². The van der Waals surface area contributed by atoms with Crippen LogP contribution in [0.25, 0.3) is 22.5 Å². The Morgan fingerprint density at radius 3 is 1.86 bits per heavy atom. The fourth-order valence-corrected chi connectivity index (χ4v) is 2.53. The maximum Gasteiger partial charge on any atom is 0.335 e. The van der Waals surface area contributed by atoms with Crippen LogP contribution in [0.3, 0.4) is 0 Å². The van der Waals surface area contributed by atoms with E-state index in [4.69, 9.17) is 16.6 Å². The third-order valence-corrected chi connectivity index (χ3v) is 4.15. The highest BCUT2D eigenvalue weighted by atomic mass is 79.9. The third kappa shape index (κ3) is 4.74. The number of carboxylic acid groups (broad SMARTS) is 1. The molecule has 142 valence electrons. The van der Waals surface area contributed by atoms with Crippen LogP contribution in [0.4, 0.5) is 11.6 Å². The molecule has 0 bridgehead atoms. The van der Waals surface area contributed by atoms with Crippen molar-refractivity contribution in [3.8, 4) is 22.5 Å². The molecule has 4 aromatic rings. The van der Waals surface area contributed by atoms with Crippen LogP contribution in [-0.4, -0.2) is 36.5 Å². The van der Waals surface area contributed by atoms with Crippen LogP contribution in [0.1, 0.15) is 10.4 Å². The van der Waals surface area contributed by atoms with Gasteiger partial charge in [0.1, 0.15) is 16.2 Å². The maximum atomic E-state index is 10.6. The number of aromatic nitrogens is 5. The predicted molar refractivity (Wildman–Crippen MR) is 109 cm³/mol. The average molecular weight is 442 g/mol. The number of carboxylic acids is 1. The van der Waals surface area contributed by atoms with Crippen LogP contribution < -0.4 is 11.5 Å². The van der Waals surface area contributed by atoms with E-state index in [2.05, 4.69) is 41.3 Å². The Bertz CT molecular complexity index is 1070. The molecule has 0 aliphatic rings. The summed E-state index contributed by atoms with van der Waals surface area (Å²) < 4.78 is 0.809. The first kappa shape index (κ1) is 19.1. The first-order chi connectivity index (χ1) is 13.4. The van der Waals surface area contributed by atoms with Crippen LogP contribution in [0.15, 0.2) is 59.3 Å². The molecule has 4 rings (SSSR count). The molecule has 0 unspecified atom stereocenters. The number of anilines is 2. The van der Waals surface area contributed by atoms with Crippen LogP contribution in [0.5, 0.6) is 0 Å². The molecule has 0 spiro atoms. The Morgan fingerprint density at radius 1 is 0.893 bits per heavy atom. The van der Waals surface area contributed by atoms with Crippen LogP contribution in [0.2, 0.25) is 0 Å². The zero-order chi connectivity index (χ0) is 20.1. The quantitative estimate of drug-likeness (QED) is 0.305. The van der Waals surface area contributed by atoms with E-state index in [1.54, 1.807) is 30.5 Å². The summed E-state index contributed by atoms with van der Waals surface area (Å²) in [5.41, 5.74) is 14.6. The number of aromatic carboxylic acids is 1. The molecule has 7 N–H and O–H groups in total. The zero-order valence-electron chi connectivity index (χ0n) is 14.4. The van der Waals surface area contributed by atoms with Gasteiger partial charge in [0.15, 0.2) is 0 Å². The van der Waals surface area contributed by atoms with E-state index in [1.165, 1.54) is 12.1 Å². The van der Waals surface area contributed by atoms with Crippen LogP contribution in [-0.2, 0) is 0 Å². The molecule has 9 nitrogen and oxygen atoms in total. The van der Waals surface area contributed by atoms with Crippen molar-refractivity contribution >= 4 is 33.5 Å². The lowest BCUT2D eigenvalue weighted by atomic mass is 10.1. The molecule has 0 aliphatic carbocycles. The van der Waals surface area contributed by atoms with E-state index in [0.29, 0.717) is 11.6 Å². The normalized spacial score (nSPS) is 10.2. The number of nitrogen functional groups attached to an aromatic ring is 2. The molecular formula is C18H16BrN7O2. The lowest BCUT2D eigenvalue weighted by Crippen LogP contribution is -1.94. The highest BCUT2D eigenvalue weighted by molar-refractivity contribution is 9.10. The van der Waals surface area contributed by atoms with Gasteiger partial charge in [0.25, 0.3) is 0 Å². The van der Waals surface area contributed by atoms with Gasteiger partial charge in [-0.3, -0.25) is 10.2 Å². The van der Waals surface area contributed by atoms with Crippen molar-refractivity contribution in [2.45, 2.75) is 0 Å². The standard InChI is InChI=1S/C10H9N3O2.C8H7BrN4/c11-9-5-8(12-13-9)6-1-3-7(4-2-6)10(14)15;9-7-2-1-5(4-11-7)6-3-8(10)13-12-6/h1-5H,(H,14,15)(H3,11,12,13);1-4H,(H3,10,12,13). The fraction of sp³-hybridized carbons (Fsp3) is 0. The van der Waals surface area contributed by atoms with Crippen molar-refractivity contribution < 1.29 is 9.90 Å². The van der Waals surface area contributed by atoms with Crippen molar-refractivity contribution in [2.75, 3.05) is 11.5 Å². The van der Waals surface area contributed by atoms with Gasteiger partial charge >= 0.3 is 5.97 Å². The number of benzene rings is 1. The minimum Gasteiger partial charge on any atom is -0.478 e. The predicted octanol–water partition coefficient (Wildman–Crippen LogP) is 3.17. The Kier molecular flexibility index (Phi) is 5.70. The van der Waals surface area contributed by atoms with Crippen LogP contribution >= 0.6 is 15.9 Å². The number of rotatable bonds is 3. The summed E-state index contributed by atoms with van der Waals surface area (Å²) in [6.45, 7) is 0. The van der Waals surface area contributed by atoms with E-state index in [-0.39, 0.29) is 5.56 Å². The molecule has 0 fully saturated rings. The van der Waals surface area contributed by atoms with Gasteiger partial charge in [0.05, 0.1) is 17.0 Å². The molecular weight excluding hydrogens is 426 g/mol.